The van der Waals surface area contributed by atoms with E-state index in [1.807, 2.05) is 0 Å². The van der Waals surface area contributed by atoms with Crippen molar-refractivity contribution in [2.75, 3.05) is 19.7 Å². The van der Waals surface area contributed by atoms with Crippen LogP contribution in [0.25, 0.3) is 0 Å². The van der Waals surface area contributed by atoms with E-state index < -0.39 is 0 Å². The third-order valence-electron chi connectivity index (χ3n) is 4.00. The molecule has 1 N–H and O–H groups in total. The Morgan fingerprint density at radius 3 is 2.72 bits per heavy atom. The fraction of sp³-hybridized carbons (Fsp3) is 0.929. The molecular formula is C14H26N2OS. The molecule has 1 saturated heterocycles. The normalized spacial score (nSPS) is 26.1. The number of ether oxygens (including phenoxy) is 1. The maximum Gasteiger partial charge on any atom is 0.169 e. The zero-order valence-electron chi connectivity index (χ0n) is 11.5. The van der Waals surface area contributed by atoms with Gasteiger partial charge < -0.3 is 15.0 Å². The fourth-order valence-electron chi connectivity index (χ4n) is 3.01. The first kappa shape index (κ1) is 14.1. The average Bonchev–Trinajstić information content (AvgIpc) is 2.40. The molecule has 1 heterocycles. The third-order valence-corrected chi connectivity index (χ3v) is 4.38. The van der Waals surface area contributed by atoms with Crippen LogP contribution < -0.4 is 5.32 Å². The van der Waals surface area contributed by atoms with E-state index in [9.17, 15) is 0 Å². The molecule has 0 amide bonds. The topological polar surface area (TPSA) is 24.5 Å². The summed E-state index contributed by atoms with van der Waals surface area (Å²) in [6.07, 6.45) is 9.39. The van der Waals surface area contributed by atoms with Crippen molar-refractivity contribution in [1.29, 1.82) is 0 Å². The van der Waals surface area contributed by atoms with E-state index in [1.165, 1.54) is 44.9 Å². The highest BCUT2D eigenvalue weighted by molar-refractivity contribution is 7.80. The van der Waals surface area contributed by atoms with Crippen LogP contribution in [0.3, 0.4) is 0 Å². The Morgan fingerprint density at radius 2 is 2.00 bits per heavy atom. The van der Waals surface area contributed by atoms with E-state index >= 15 is 0 Å². The van der Waals surface area contributed by atoms with Gasteiger partial charge in [-0.05, 0) is 44.8 Å². The summed E-state index contributed by atoms with van der Waals surface area (Å²) in [6.45, 7) is 4.92. The Hall–Kier alpha value is -0.350. The summed E-state index contributed by atoms with van der Waals surface area (Å²) in [4.78, 5) is 2.30. The Labute approximate surface area is 116 Å². The molecule has 3 nitrogen and oxygen atoms in total. The maximum atomic E-state index is 5.72. The van der Waals surface area contributed by atoms with Crippen molar-refractivity contribution >= 4 is 17.3 Å². The molecule has 0 radical (unpaired) electrons. The average molecular weight is 270 g/mol. The van der Waals surface area contributed by atoms with Gasteiger partial charge in [0.15, 0.2) is 5.11 Å². The monoisotopic (exact) mass is 270 g/mol. The predicted octanol–water partition coefficient (Wildman–Crippen LogP) is 2.69. The van der Waals surface area contributed by atoms with Gasteiger partial charge in [-0.15, -0.1) is 0 Å². The minimum atomic E-state index is 0.370. The standard InChI is InChI=1S/C14H26N2OS/c1-2-17-13-9-6-10-16(11-13)14(18)15-12-7-4-3-5-8-12/h12-13H,2-11H2,1H3,(H,15,18). The summed E-state index contributed by atoms with van der Waals surface area (Å²) in [5, 5.41) is 4.50. The Balaban J connectivity index is 1.76. The van der Waals surface area contributed by atoms with Crippen molar-refractivity contribution in [2.45, 2.75) is 64.0 Å². The number of likely N-dealkylation sites (tertiary alicyclic amines) is 1. The van der Waals surface area contributed by atoms with Crippen molar-refractivity contribution < 1.29 is 4.74 Å². The summed E-state index contributed by atoms with van der Waals surface area (Å²) in [6, 6.07) is 0.610. The van der Waals surface area contributed by atoms with Crippen LogP contribution in [0.5, 0.6) is 0 Å². The number of nitrogens with one attached hydrogen (secondary N) is 1. The molecule has 0 aromatic heterocycles. The van der Waals surface area contributed by atoms with Crippen LogP contribution in [-0.4, -0.2) is 41.9 Å². The summed E-state index contributed by atoms with van der Waals surface area (Å²) in [5.41, 5.74) is 0. The molecule has 1 saturated carbocycles. The van der Waals surface area contributed by atoms with Gasteiger partial charge in [-0.2, -0.15) is 0 Å². The van der Waals surface area contributed by atoms with Gasteiger partial charge in [-0.1, -0.05) is 19.3 Å². The zero-order chi connectivity index (χ0) is 12.8. The lowest BCUT2D eigenvalue weighted by molar-refractivity contribution is 0.0232. The molecule has 0 bridgehead atoms. The molecule has 0 aromatic carbocycles. The molecule has 1 aliphatic carbocycles. The molecule has 18 heavy (non-hydrogen) atoms. The summed E-state index contributed by atoms with van der Waals surface area (Å²) in [5.74, 6) is 0. The molecule has 0 aromatic rings. The lowest BCUT2D eigenvalue weighted by atomic mass is 9.96. The molecule has 1 atom stereocenters. The largest absolute Gasteiger partial charge is 0.377 e. The smallest absolute Gasteiger partial charge is 0.169 e. The van der Waals surface area contributed by atoms with E-state index in [1.54, 1.807) is 0 Å². The van der Waals surface area contributed by atoms with Crippen molar-refractivity contribution in [1.82, 2.24) is 10.2 Å². The second-order valence-corrected chi connectivity index (χ2v) is 5.84. The van der Waals surface area contributed by atoms with Crippen LogP contribution in [0, 0.1) is 0 Å². The molecule has 1 aliphatic heterocycles. The Morgan fingerprint density at radius 1 is 1.22 bits per heavy atom. The molecule has 4 heteroatoms. The Kier molecular flexibility index (Phi) is 5.70. The van der Waals surface area contributed by atoms with Gasteiger partial charge in [0.05, 0.1) is 6.10 Å². The van der Waals surface area contributed by atoms with Crippen molar-refractivity contribution in [2.24, 2.45) is 0 Å². The van der Waals surface area contributed by atoms with Crippen LogP contribution in [0.4, 0.5) is 0 Å². The van der Waals surface area contributed by atoms with Crippen LogP contribution in [-0.2, 0) is 4.74 Å². The molecule has 1 unspecified atom stereocenters. The number of rotatable bonds is 3. The van der Waals surface area contributed by atoms with Crippen molar-refractivity contribution in [3.05, 3.63) is 0 Å². The van der Waals surface area contributed by atoms with Gasteiger partial charge in [0.1, 0.15) is 0 Å². The van der Waals surface area contributed by atoms with Crippen molar-refractivity contribution in [3.63, 3.8) is 0 Å². The van der Waals surface area contributed by atoms with Crippen LogP contribution in [0.2, 0.25) is 0 Å². The summed E-state index contributed by atoms with van der Waals surface area (Å²) < 4.78 is 5.72. The first-order chi connectivity index (χ1) is 8.79. The highest BCUT2D eigenvalue weighted by Crippen LogP contribution is 2.19. The van der Waals surface area contributed by atoms with Gasteiger partial charge >= 0.3 is 0 Å². The second kappa shape index (κ2) is 7.29. The van der Waals surface area contributed by atoms with Gasteiger partial charge in [0.25, 0.3) is 0 Å². The molecule has 2 aliphatic rings. The first-order valence-corrected chi connectivity index (χ1v) is 7.87. The number of nitrogens with zero attached hydrogens (tertiary/aromatic N) is 1. The minimum Gasteiger partial charge on any atom is -0.377 e. The van der Waals surface area contributed by atoms with Gasteiger partial charge in [-0.3, -0.25) is 0 Å². The summed E-state index contributed by atoms with van der Waals surface area (Å²) in [7, 11) is 0. The number of piperidine rings is 1. The van der Waals surface area contributed by atoms with E-state index in [2.05, 4.69) is 17.1 Å². The Bertz CT molecular complexity index is 265. The van der Waals surface area contributed by atoms with E-state index in [0.29, 0.717) is 12.1 Å². The van der Waals surface area contributed by atoms with Gasteiger partial charge in [0.2, 0.25) is 0 Å². The van der Waals surface area contributed by atoms with Crippen LogP contribution >= 0.6 is 12.2 Å². The number of hydrogen-bond donors (Lipinski definition) is 1. The highest BCUT2D eigenvalue weighted by Gasteiger charge is 2.23. The minimum absolute atomic E-state index is 0.370. The third kappa shape index (κ3) is 4.09. The zero-order valence-corrected chi connectivity index (χ0v) is 12.3. The number of hydrogen-bond acceptors (Lipinski definition) is 2. The van der Waals surface area contributed by atoms with E-state index in [4.69, 9.17) is 17.0 Å². The predicted molar refractivity (Wildman–Crippen MR) is 78.8 cm³/mol. The van der Waals surface area contributed by atoms with Crippen molar-refractivity contribution in [3.8, 4) is 0 Å². The lowest BCUT2D eigenvalue weighted by Crippen LogP contribution is -2.50. The maximum absolute atomic E-state index is 5.72. The van der Waals surface area contributed by atoms with Gasteiger partial charge in [-0.25, -0.2) is 0 Å². The van der Waals surface area contributed by atoms with E-state index in [-0.39, 0.29) is 0 Å². The molecular weight excluding hydrogens is 244 g/mol. The molecule has 2 fully saturated rings. The molecule has 104 valence electrons. The van der Waals surface area contributed by atoms with Crippen LogP contribution in [0.1, 0.15) is 51.9 Å². The highest BCUT2D eigenvalue weighted by atomic mass is 32.1. The first-order valence-electron chi connectivity index (χ1n) is 7.46. The molecule has 0 spiro atoms. The number of thiocarbonyl (C=S) groups is 1. The van der Waals surface area contributed by atoms with Crippen LogP contribution in [0.15, 0.2) is 0 Å². The quantitative estimate of drug-likeness (QED) is 0.797. The summed E-state index contributed by atoms with van der Waals surface area (Å²) >= 11 is 5.55. The molecule has 2 rings (SSSR count). The van der Waals surface area contributed by atoms with E-state index in [0.717, 1.165) is 24.8 Å². The second-order valence-electron chi connectivity index (χ2n) is 5.45. The SMILES string of the molecule is CCOC1CCCN(C(=S)NC2CCCCC2)C1. The van der Waals surface area contributed by atoms with Gasteiger partial charge in [0, 0.05) is 25.7 Å². The lowest BCUT2D eigenvalue weighted by Gasteiger charge is -2.36. The fourth-order valence-corrected chi connectivity index (χ4v) is 3.34.